The molecule has 162 valence electrons. The number of amides is 1. The van der Waals surface area contributed by atoms with Crippen LogP contribution in [0.1, 0.15) is 10.4 Å². The minimum Gasteiger partial charge on any atom is -0.492 e. The number of hydrogen-bond acceptors (Lipinski definition) is 5. The van der Waals surface area contributed by atoms with Gasteiger partial charge in [-0.05, 0) is 42.5 Å². The minimum absolute atomic E-state index is 0.0985. The predicted octanol–water partition coefficient (Wildman–Crippen LogP) is 2.14. The third-order valence-corrected chi connectivity index (χ3v) is 6.53. The van der Waals surface area contributed by atoms with E-state index in [0.29, 0.717) is 5.75 Å². The first-order valence-corrected chi connectivity index (χ1v) is 10.7. The number of sulfonamides is 1. The van der Waals surface area contributed by atoms with Crippen molar-refractivity contribution in [2.24, 2.45) is 0 Å². The second-order valence-electron chi connectivity index (χ2n) is 6.69. The topological polar surface area (TPSA) is 76.2 Å². The summed E-state index contributed by atoms with van der Waals surface area (Å²) in [7, 11) is -2.40. The Hall–Kier alpha value is -2.56. The van der Waals surface area contributed by atoms with Gasteiger partial charge in [-0.15, -0.1) is 0 Å². The van der Waals surface area contributed by atoms with Crippen LogP contribution < -0.4 is 4.74 Å². The fourth-order valence-electron chi connectivity index (χ4n) is 2.90. The molecule has 0 N–H and O–H groups in total. The van der Waals surface area contributed by atoms with Crippen molar-refractivity contribution in [3.8, 4) is 5.75 Å². The standard InChI is InChI=1S/C20H22F2N2O5S/c1-23(8-13-29-16-4-2-15(21)3-5-16)20(25)18-14-17(6-7-19(18)22)30(26,27)24-9-11-28-12-10-24/h2-7,14H,8-13H2,1H3. The zero-order valence-corrected chi connectivity index (χ0v) is 17.2. The summed E-state index contributed by atoms with van der Waals surface area (Å²) in [6, 6.07) is 8.59. The van der Waals surface area contributed by atoms with E-state index < -0.39 is 27.6 Å². The number of carbonyl (C=O) groups excluding carboxylic acids is 1. The fraction of sp³-hybridized carbons (Fsp3) is 0.350. The van der Waals surface area contributed by atoms with Gasteiger partial charge >= 0.3 is 0 Å². The van der Waals surface area contributed by atoms with Gasteiger partial charge in [0.15, 0.2) is 0 Å². The first kappa shape index (κ1) is 22.1. The van der Waals surface area contributed by atoms with Crippen molar-refractivity contribution in [2.75, 3.05) is 46.5 Å². The van der Waals surface area contributed by atoms with Crippen LogP contribution in [-0.2, 0) is 14.8 Å². The average Bonchev–Trinajstić information content (AvgIpc) is 2.75. The SMILES string of the molecule is CN(CCOc1ccc(F)cc1)C(=O)c1cc(S(=O)(=O)N2CCOCC2)ccc1F. The van der Waals surface area contributed by atoms with Gasteiger partial charge in [-0.3, -0.25) is 4.79 Å². The van der Waals surface area contributed by atoms with Crippen LogP contribution in [0.3, 0.4) is 0 Å². The number of benzene rings is 2. The van der Waals surface area contributed by atoms with Crippen LogP contribution in [0.25, 0.3) is 0 Å². The van der Waals surface area contributed by atoms with E-state index in [2.05, 4.69) is 0 Å². The Balaban J connectivity index is 1.68. The summed E-state index contributed by atoms with van der Waals surface area (Å²) in [4.78, 5) is 13.7. The number of nitrogens with zero attached hydrogens (tertiary/aromatic N) is 2. The normalized spacial score (nSPS) is 15.0. The van der Waals surface area contributed by atoms with Crippen molar-refractivity contribution in [1.82, 2.24) is 9.21 Å². The van der Waals surface area contributed by atoms with Gasteiger partial charge in [0.05, 0.1) is 30.2 Å². The van der Waals surface area contributed by atoms with Crippen molar-refractivity contribution >= 4 is 15.9 Å². The van der Waals surface area contributed by atoms with E-state index in [1.165, 1.54) is 40.5 Å². The predicted molar refractivity (Wildman–Crippen MR) is 105 cm³/mol. The number of carbonyl (C=O) groups is 1. The highest BCUT2D eigenvalue weighted by Gasteiger charge is 2.28. The molecule has 0 atom stereocenters. The van der Waals surface area contributed by atoms with Gasteiger partial charge < -0.3 is 14.4 Å². The molecule has 0 saturated carbocycles. The lowest BCUT2D eigenvalue weighted by Gasteiger charge is -2.26. The van der Waals surface area contributed by atoms with E-state index in [4.69, 9.17) is 9.47 Å². The summed E-state index contributed by atoms with van der Waals surface area (Å²) >= 11 is 0. The van der Waals surface area contributed by atoms with Crippen molar-refractivity contribution < 1.29 is 31.5 Å². The van der Waals surface area contributed by atoms with Crippen LogP contribution in [0.4, 0.5) is 8.78 Å². The molecule has 0 spiro atoms. The Morgan fingerprint density at radius 3 is 2.47 bits per heavy atom. The Labute approximate surface area is 173 Å². The summed E-state index contributed by atoms with van der Waals surface area (Å²) in [5.41, 5.74) is -0.339. The molecule has 1 aliphatic rings. The van der Waals surface area contributed by atoms with Gasteiger partial charge in [0.25, 0.3) is 5.91 Å². The Morgan fingerprint density at radius 1 is 1.13 bits per heavy atom. The molecular formula is C20H22F2N2O5S. The van der Waals surface area contributed by atoms with Crippen LogP contribution in [0, 0.1) is 11.6 Å². The zero-order chi connectivity index (χ0) is 21.7. The number of morpholine rings is 1. The Kier molecular flexibility index (Phi) is 7.01. The molecule has 1 aliphatic heterocycles. The van der Waals surface area contributed by atoms with Gasteiger partial charge in [-0.25, -0.2) is 17.2 Å². The van der Waals surface area contributed by atoms with Crippen molar-refractivity contribution in [2.45, 2.75) is 4.90 Å². The van der Waals surface area contributed by atoms with Crippen molar-refractivity contribution in [1.29, 1.82) is 0 Å². The lowest BCUT2D eigenvalue weighted by Crippen LogP contribution is -2.40. The smallest absolute Gasteiger partial charge is 0.256 e. The largest absolute Gasteiger partial charge is 0.492 e. The molecule has 1 fully saturated rings. The number of hydrogen-bond donors (Lipinski definition) is 0. The highest BCUT2D eigenvalue weighted by Crippen LogP contribution is 2.21. The summed E-state index contributed by atoms with van der Waals surface area (Å²) < 4.78 is 64.6. The third-order valence-electron chi connectivity index (χ3n) is 4.63. The molecule has 2 aromatic rings. The van der Waals surface area contributed by atoms with Crippen LogP contribution in [-0.4, -0.2) is 70.0 Å². The molecule has 1 saturated heterocycles. The summed E-state index contributed by atoms with van der Waals surface area (Å²) in [5, 5.41) is 0. The maximum absolute atomic E-state index is 14.3. The maximum Gasteiger partial charge on any atom is 0.256 e. The molecule has 3 rings (SSSR count). The molecule has 1 amide bonds. The summed E-state index contributed by atoms with van der Waals surface area (Å²) in [6.45, 7) is 1.18. The van der Waals surface area contributed by atoms with Crippen LogP contribution in [0.2, 0.25) is 0 Å². The van der Waals surface area contributed by atoms with Gasteiger partial charge in [0, 0.05) is 20.1 Å². The molecule has 0 aromatic heterocycles. The zero-order valence-electron chi connectivity index (χ0n) is 16.4. The molecule has 0 radical (unpaired) electrons. The van der Waals surface area contributed by atoms with E-state index in [0.717, 1.165) is 18.2 Å². The number of ether oxygens (including phenoxy) is 2. The second-order valence-corrected chi connectivity index (χ2v) is 8.63. The molecule has 0 bridgehead atoms. The van der Waals surface area contributed by atoms with Crippen molar-refractivity contribution in [3.05, 3.63) is 59.7 Å². The molecular weight excluding hydrogens is 418 g/mol. The quantitative estimate of drug-likeness (QED) is 0.660. The number of rotatable bonds is 7. The third kappa shape index (κ3) is 5.13. The maximum atomic E-state index is 14.3. The van der Waals surface area contributed by atoms with Gasteiger partial charge in [-0.2, -0.15) is 4.31 Å². The Morgan fingerprint density at radius 2 is 1.80 bits per heavy atom. The number of likely N-dealkylation sites (N-methyl/N-ethyl adjacent to an activating group) is 1. The van der Waals surface area contributed by atoms with Gasteiger partial charge in [0.2, 0.25) is 10.0 Å². The minimum atomic E-state index is -3.86. The van der Waals surface area contributed by atoms with E-state index in [9.17, 15) is 22.0 Å². The van der Waals surface area contributed by atoms with Gasteiger partial charge in [-0.1, -0.05) is 0 Å². The van der Waals surface area contributed by atoms with E-state index in [1.54, 1.807) is 0 Å². The van der Waals surface area contributed by atoms with Crippen LogP contribution >= 0.6 is 0 Å². The molecule has 1 heterocycles. The van der Waals surface area contributed by atoms with E-state index in [-0.39, 0.29) is 49.9 Å². The van der Waals surface area contributed by atoms with Crippen LogP contribution in [0.15, 0.2) is 47.4 Å². The van der Waals surface area contributed by atoms with Crippen molar-refractivity contribution in [3.63, 3.8) is 0 Å². The molecule has 0 aliphatic carbocycles. The first-order chi connectivity index (χ1) is 14.3. The highest BCUT2D eigenvalue weighted by atomic mass is 32.2. The summed E-state index contributed by atoms with van der Waals surface area (Å²) in [6.07, 6.45) is 0. The monoisotopic (exact) mass is 440 g/mol. The molecule has 7 nitrogen and oxygen atoms in total. The number of halogens is 2. The first-order valence-electron chi connectivity index (χ1n) is 9.30. The molecule has 2 aromatic carbocycles. The lowest BCUT2D eigenvalue weighted by atomic mass is 10.2. The Bertz CT molecular complexity index is 993. The fourth-order valence-corrected chi connectivity index (χ4v) is 4.34. The molecule has 30 heavy (non-hydrogen) atoms. The van der Waals surface area contributed by atoms with Gasteiger partial charge in [0.1, 0.15) is 24.0 Å². The average molecular weight is 440 g/mol. The van der Waals surface area contributed by atoms with E-state index in [1.807, 2.05) is 0 Å². The molecule has 0 unspecified atom stereocenters. The lowest BCUT2D eigenvalue weighted by molar-refractivity contribution is 0.0729. The second kappa shape index (κ2) is 9.50. The van der Waals surface area contributed by atoms with E-state index >= 15 is 0 Å². The highest BCUT2D eigenvalue weighted by molar-refractivity contribution is 7.89. The summed E-state index contributed by atoms with van der Waals surface area (Å²) in [5.74, 6) is -1.44. The molecule has 10 heteroatoms. The van der Waals surface area contributed by atoms with Crippen LogP contribution in [0.5, 0.6) is 5.75 Å².